The number of nitrogens with zero attached hydrogens (tertiary/aromatic N) is 1. The highest BCUT2D eigenvalue weighted by Crippen LogP contribution is 2.39. The van der Waals surface area contributed by atoms with Crippen molar-refractivity contribution in [1.29, 1.82) is 0 Å². The fourth-order valence-electron chi connectivity index (χ4n) is 3.84. The van der Waals surface area contributed by atoms with Crippen LogP contribution in [0.1, 0.15) is 46.2 Å². The number of para-hydroxylation sites is 1. The van der Waals surface area contributed by atoms with E-state index in [9.17, 15) is 9.59 Å². The van der Waals surface area contributed by atoms with Gasteiger partial charge < -0.3 is 24.7 Å². The molecule has 0 bridgehead atoms. The fraction of sp³-hybridized carbons (Fsp3) is 0.391. The summed E-state index contributed by atoms with van der Waals surface area (Å²) in [5.41, 5.74) is 4.67. The molecular formula is C23H29N3O4. The van der Waals surface area contributed by atoms with Crippen LogP contribution < -0.4 is 5.32 Å². The van der Waals surface area contributed by atoms with Crippen LogP contribution in [-0.2, 0) is 20.7 Å². The molecule has 0 radical (unpaired) electrons. The molecule has 2 heterocycles. The molecular weight excluding hydrogens is 382 g/mol. The van der Waals surface area contributed by atoms with Crippen LogP contribution in [0.3, 0.4) is 0 Å². The van der Waals surface area contributed by atoms with Gasteiger partial charge in [-0.1, -0.05) is 18.2 Å². The maximum absolute atomic E-state index is 12.8. The van der Waals surface area contributed by atoms with Crippen molar-refractivity contribution in [2.24, 2.45) is 0 Å². The third kappa shape index (κ3) is 4.11. The summed E-state index contributed by atoms with van der Waals surface area (Å²) in [6.07, 6.45) is 1.49. The van der Waals surface area contributed by atoms with Gasteiger partial charge in [0.1, 0.15) is 0 Å². The molecule has 7 nitrogen and oxygen atoms in total. The molecule has 2 N–H and O–H groups in total. The van der Waals surface area contributed by atoms with Gasteiger partial charge in [0.2, 0.25) is 0 Å². The molecule has 1 aromatic heterocycles. The number of esters is 1. The molecule has 7 heteroatoms. The predicted molar refractivity (Wildman–Crippen MR) is 117 cm³/mol. The topological polar surface area (TPSA) is 83.7 Å². The summed E-state index contributed by atoms with van der Waals surface area (Å²) in [5, 5.41) is 2.89. The van der Waals surface area contributed by atoms with Crippen molar-refractivity contribution in [2.45, 2.75) is 26.7 Å². The van der Waals surface area contributed by atoms with E-state index in [-0.39, 0.29) is 11.9 Å². The number of benzene rings is 1. The molecule has 0 aliphatic carbocycles. The normalized spacial score (nSPS) is 14.5. The van der Waals surface area contributed by atoms with Crippen molar-refractivity contribution in [3.8, 4) is 0 Å². The number of anilines is 1. The molecule has 1 aliphatic rings. The summed E-state index contributed by atoms with van der Waals surface area (Å²) >= 11 is 0. The van der Waals surface area contributed by atoms with Crippen LogP contribution in [0.25, 0.3) is 11.3 Å². The first-order valence-electron chi connectivity index (χ1n) is 10.1. The highest BCUT2D eigenvalue weighted by atomic mass is 16.5. The summed E-state index contributed by atoms with van der Waals surface area (Å²) < 4.78 is 11.0. The predicted octanol–water partition coefficient (Wildman–Crippen LogP) is 3.46. The lowest BCUT2D eigenvalue weighted by Crippen LogP contribution is -2.15. The molecule has 1 aromatic carbocycles. The number of nitrogens with one attached hydrogen (secondary N) is 2. The summed E-state index contributed by atoms with van der Waals surface area (Å²) in [6.45, 7) is 4.79. The summed E-state index contributed by atoms with van der Waals surface area (Å²) in [6, 6.07) is 7.50. The van der Waals surface area contributed by atoms with Gasteiger partial charge in [-0.2, -0.15) is 0 Å². The van der Waals surface area contributed by atoms with E-state index in [0.717, 1.165) is 29.8 Å². The first kappa shape index (κ1) is 21.6. The Morgan fingerprint density at radius 3 is 2.60 bits per heavy atom. The molecule has 1 amide bonds. The zero-order chi connectivity index (χ0) is 21.8. The molecule has 0 fully saturated rings. The maximum Gasteiger partial charge on any atom is 0.340 e. The van der Waals surface area contributed by atoms with Crippen LogP contribution in [-0.4, -0.2) is 56.1 Å². The molecule has 2 aromatic rings. The van der Waals surface area contributed by atoms with Gasteiger partial charge in [-0.3, -0.25) is 4.79 Å². The number of ether oxygens (including phenoxy) is 2. The quantitative estimate of drug-likeness (QED) is 0.395. The van der Waals surface area contributed by atoms with Crippen LogP contribution in [0.5, 0.6) is 0 Å². The number of hydrogen-bond donors (Lipinski definition) is 2. The van der Waals surface area contributed by atoms with Crippen molar-refractivity contribution in [3.05, 3.63) is 52.3 Å². The molecule has 30 heavy (non-hydrogen) atoms. The van der Waals surface area contributed by atoms with E-state index in [2.05, 4.69) is 15.2 Å². The Bertz CT molecular complexity index is 988. The van der Waals surface area contributed by atoms with Gasteiger partial charge >= 0.3 is 5.97 Å². The Labute approximate surface area is 177 Å². The molecule has 0 unspecified atom stereocenters. The highest BCUT2D eigenvalue weighted by Gasteiger charge is 2.32. The van der Waals surface area contributed by atoms with Gasteiger partial charge in [-0.05, 0) is 59.0 Å². The number of aromatic amines is 1. The minimum absolute atomic E-state index is 0.225. The minimum atomic E-state index is -0.367. The largest absolute Gasteiger partial charge is 0.494 e. The van der Waals surface area contributed by atoms with E-state index in [1.165, 1.54) is 0 Å². The van der Waals surface area contributed by atoms with Gasteiger partial charge in [0, 0.05) is 16.9 Å². The van der Waals surface area contributed by atoms with E-state index in [1.807, 2.05) is 45.3 Å². The second-order valence-electron chi connectivity index (χ2n) is 7.51. The van der Waals surface area contributed by atoms with E-state index < -0.39 is 0 Å². The third-order valence-electron chi connectivity index (χ3n) is 5.13. The number of hydrogen-bond acceptors (Lipinski definition) is 5. The number of rotatable bonds is 8. The van der Waals surface area contributed by atoms with Crippen molar-refractivity contribution in [1.82, 2.24) is 9.88 Å². The first-order chi connectivity index (χ1) is 14.4. The molecule has 3 rings (SSSR count). The van der Waals surface area contributed by atoms with Gasteiger partial charge in [-0.25, -0.2) is 4.79 Å². The summed E-state index contributed by atoms with van der Waals surface area (Å²) in [4.78, 5) is 30.9. The Balaban J connectivity index is 2.17. The Hall–Kier alpha value is -3.06. The number of H-pyrrole nitrogens is 1. The van der Waals surface area contributed by atoms with Crippen molar-refractivity contribution < 1.29 is 19.1 Å². The smallest absolute Gasteiger partial charge is 0.340 e. The molecule has 0 saturated carbocycles. The number of fused-ring (bicyclic) bond motifs is 1. The highest BCUT2D eigenvalue weighted by molar-refractivity contribution is 6.36. The number of amides is 1. The monoisotopic (exact) mass is 411 g/mol. The third-order valence-corrected chi connectivity index (χ3v) is 5.13. The Morgan fingerprint density at radius 2 is 1.93 bits per heavy atom. The van der Waals surface area contributed by atoms with Crippen LogP contribution in [0.15, 0.2) is 24.3 Å². The number of aryl methyl sites for hydroxylation is 1. The van der Waals surface area contributed by atoms with Crippen LogP contribution >= 0.6 is 0 Å². The van der Waals surface area contributed by atoms with Gasteiger partial charge in [0.05, 0.1) is 30.5 Å². The summed E-state index contributed by atoms with van der Waals surface area (Å²) in [7, 11) is 5.57. The number of aromatic nitrogens is 1. The van der Waals surface area contributed by atoms with E-state index in [0.29, 0.717) is 41.3 Å². The molecule has 0 saturated heterocycles. The van der Waals surface area contributed by atoms with Gasteiger partial charge in [-0.15, -0.1) is 0 Å². The first-order valence-corrected chi connectivity index (χ1v) is 10.1. The molecule has 160 valence electrons. The number of carbonyl (C=O) groups excluding carboxylic acids is 2. The van der Waals surface area contributed by atoms with Crippen LogP contribution in [0.2, 0.25) is 0 Å². The van der Waals surface area contributed by atoms with Gasteiger partial charge in [0.25, 0.3) is 5.91 Å². The lowest BCUT2D eigenvalue weighted by molar-refractivity contribution is -0.110. The molecule has 1 aliphatic heterocycles. The maximum atomic E-state index is 12.8. The van der Waals surface area contributed by atoms with Crippen molar-refractivity contribution in [2.75, 3.05) is 39.7 Å². The average molecular weight is 412 g/mol. The number of methoxy groups -OCH3 is 1. The van der Waals surface area contributed by atoms with Crippen LogP contribution in [0, 0.1) is 6.92 Å². The van der Waals surface area contributed by atoms with Crippen LogP contribution in [0.4, 0.5) is 5.69 Å². The lowest BCUT2D eigenvalue weighted by atomic mass is 9.98. The summed E-state index contributed by atoms with van der Waals surface area (Å²) in [5.74, 6) is -0.165. The second kappa shape index (κ2) is 9.17. The Morgan fingerprint density at radius 1 is 1.20 bits per heavy atom. The number of carbonyl (C=O) groups is 2. The van der Waals surface area contributed by atoms with Crippen molar-refractivity contribution >= 4 is 28.9 Å². The standard InChI is InChI=1S/C23H29N3O4/c1-6-30-23(28)18-14(2)24-20(16(18)11-9-13-26(3)4)21(29-5)19-15-10-7-8-12-17(15)25-22(19)27/h7-8,10,12,24H,6,9,11,13H2,1-5H3,(H,25,27). The zero-order valence-electron chi connectivity index (χ0n) is 18.2. The minimum Gasteiger partial charge on any atom is -0.494 e. The Kier molecular flexibility index (Phi) is 6.62. The van der Waals surface area contributed by atoms with E-state index in [4.69, 9.17) is 9.47 Å². The molecule has 0 atom stereocenters. The molecule has 0 spiro atoms. The lowest BCUT2D eigenvalue weighted by Gasteiger charge is -2.14. The van der Waals surface area contributed by atoms with Gasteiger partial charge in [0.15, 0.2) is 5.76 Å². The average Bonchev–Trinajstić information content (AvgIpc) is 3.19. The van der Waals surface area contributed by atoms with E-state index in [1.54, 1.807) is 14.0 Å². The second-order valence-corrected chi connectivity index (χ2v) is 7.51. The fourth-order valence-corrected chi connectivity index (χ4v) is 3.84. The SMILES string of the molecule is CCOC(=O)c1c(C)[nH]c(C(OC)=C2C(=O)Nc3ccccc32)c1CCCN(C)C. The van der Waals surface area contributed by atoms with Crippen molar-refractivity contribution in [3.63, 3.8) is 0 Å². The van der Waals surface area contributed by atoms with E-state index >= 15 is 0 Å². The zero-order valence-corrected chi connectivity index (χ0v) is 18.2.